The Morgan fingerprint density at radius 1 is 1.56 bits per heavy atom. The zero-order valence-corrected chi connectivity index (χ0v) is 5.53. The van der Waals surface area contributed by atoms with Gasteiger partial charge in [-0.2, -0.15) is 5.11 Å². The molecule has 0 aliphatic carbocycles. The molecule has 0 atom stereocenters. The van der Waals surface area contributed by atoms with Crippen molar-refractivity contribution < 1.29 is 4.74 Å². The van der Waals surface area contributed by atoms with Crippen LogP contribution in [0.4, 0.5) is 0 Å². The Balaban J connectivity index is 2.30. The number of nitrogens with zero attached hydrogens (tertiary/aromatic N) is 3. The molecule has 50 valence electrons. The summed E-state index contributed by atoms with van der Waals surface area (Å²) in [5.74, 6) is 0.616. The molecule has 0 saturated carbocycles. The lowest BCUT2D eigenvalue weighted by Gasteiger charge is -2.05. The summed E-state index contributed by atoms with van der Waals surface area (Å²) >= 11 is 0. The Hall–Kier alpha value is -0.930. The van der Waals surface area contributed by atoms with Gasteiger partial charge in [-0.25, -0.2) is 0 Å². The second-order valence-corrected chi connectivity index (χ2v) is 2.05. The Bertz CT molecular complexity index is 150. The Morgan fingerprint density at radius 3 is 2.78 bits per heavy atom. The molecule has 0 aromatic rings. The summed E-state index contributed by atoms with van der Waals surface area (Å²) < 4.78 is 5.17. The van der Waals surface area contributed by atoms with E-state index in [1.165, 1.54) is 0 Å². The van der Waals surface area contributed by atoms with E-state index in [-0.39, 0.29) is 6.10 Å². The second-order valence-electron chi connectivity index (χ2n) is 2.05. The van der Waals surface area contributed by atoms with Gasteiger partial charge in [0.2, 0.25) is 5.90 Å². The molecule has 0 aromatic heterocycles. The molecule has 1 heterocycles. The van der Waals surface area contributed by atoms with Gasteiger partial charge in [0.05, 0.1) is 6.10 Å². The lowest BCUT2D eigenvalue weighted by molar-refractivity contribution is 0.225. The topological polar surface area (TPSA) is 46.3 Å². The van der Waals surface area contributed by atoms with Crippen LogP contribution in [-0.2, 0) is 4.74 Å². The van der Waals surface area contributed by atoms with E-state index in [4.69, 9.17) is 4.74 Å². The molecule has 1 aliphatic heterocycles. The molecule has 0 saturated heterocycles. The van der Waals surface area contributed by atoms with Crippen LogP contribution in [0, 0.1) is 0 Å². The molecular formula is C5H9N3O. The van der Waals surface area contributed by atoms with E-state index < -0.39 is 0 Å². The highest BCUT2D eigenvalue weighted by atomic mass is 16.5. The predicted molar refractivity (Wildman–Crippen MR) is 33.4 cm³/mol. The summed E-state index contributed by atoms with van der Waals surface area (Å²) in [6.45, 7) is 4.39. The zero-order chi connectivity index (χ0) is 6.69. The highest BCUT2D eigenvalue weighted by Gasteiger charge is 2.05. The lowest BCUT2D eigenvalue weighted by Crippen LogP contribution is -2.11. The Kier molecular flexibility index (Phi) is 1.77. The molecule has 0 amide bonds. The van der Waals surface area contributed by atoms with Crippen molar-refractivity contribution >= 4 is 5.90 Å². The molecule has 0 aromatic carbocycles. The van der Waals surface area contributed by atoms with Crippen LogP contribution in [0.15, 0.2) is 15.4 Å². The van der Waals surface area contributed by atoms with Crippen LogP contribution in [-0.4, -0.2) is 18.5 Å². The average Bonchev–Trinajstić information content (AvgIpc) is 2.15. The van der Waals surface area contributed by atoms with E-state index in [9.17, 15) is 0 Å². The monoisotopic (exact) mass is 127 g/mol. The summed E-state index contributed by atoms with van der Waals surface area (Å²) in [5.41, 5.74) is 0. The lowest BCUT2D eigenvalue weighted by atomic mass is 10.5. The van der Waals surface area contributed by atoms with E-state index in [2.05, 4.69) is 15.4 Å². The molecule has 0 unspecified atom stereocenters. The van der Waals surface area contributed by atoms with Crippen molar-refractivity contribution in [1.29, 1.82) is 0 Å². The minimum absolute atomic E-state index is 0.173. The molecule has 0 fully saturated rings. The van der Waals surface area contributed by atoms with Crippen LogP contribution in [0.3, 0.4) is 0 Å². The van der Waals surface area contributed by atoms with Gasteiger partial charge in [0.15, 0.2) is 0 Å². The van der Waals surface area contributed by atoms with Crippen LogP contribution in [0.5, 0.6) is 0 Å². The van der Waals surface area contributed by atoms with Gasteiger partial charge in [-0.3, -0.25) is 0 Å². The van der Waals surface area contributed by atoms with Gasteiger partial charge in [-0.05, 0) is 19.1 Å². The van der Waals surface area contributed by atoms with E-state index in [0.717, 1.165) is 0 Å². The molecule has 1 aliphatic rings. The minimum atomic E-state index is 0.173. The van der Waals surface area contributed by atoms with Crippen molar-refractivity contribution in [3.63, 3.8) is 0 Å². The highest BCUT2D eigenvalue weighted by Crippen LogP contribution is 1.98. The maximum absolute atomic E-state index is 5.17. The summed E-state index contributed by atoms with van der Waals surface area (Å²) in [6.07, 6.45) is 0.173. The van der Waals surface area contributed by atoms with Gasteiger partial charge >= 0.3 is 0 Å². The molecule has 4 heteroatoms. The molecule has 0 spiro atoms. The van der Waals surface area contributed by atoms with Crippen molar-refractivity contribution in [3.05, 3.63) is 0 Å². The van der Waals surface area contributed by atoms with Crippen LogP contribution >= 0.6 is 0 Å². The maximum Gasteiger partial charge on any atom is 0.234 e. The Labute approximate surface area is 53.6 Å². The van der Waals surface area contributed by atoms with Crippen LogP contribution in [0.1, 0.15) is 13.8 Å². The molecular weight excluding hydrogens is 118 g/mol. The summed E-state index contributed by atoms with van der Waals surface area (Å²) in [4.78, 5) is 0. The molecule has 9 heavy (non-hydrogen) atoms. The van der Waals surface area contributed by atoms with Gasteiger partial charge in [-0.15, -0.1) is 0 Å². The van der Waals surface area contributed by atoms with Crippen molar-refractivity contribution in [2.45, 2.75) is 20.0 Å². The summed E-state index contributed by atoms with van der Waals surface area (Å²) in [6, 6.07) is 0. The number of hydrogen-bond donors (Lipinski definition) is 0. The van der Waals surface area contributed by atoms with Gasteiger partial charge in [-0.1, -0.05) is 5.10 Å². The first kappa shape index (κ1) is 6.19. The highest BCUT2D eigenvalue weighted by molar-refractivity contribution is 5.79. The standard InChI is InChI=1S/C5H9N3O/c1-4(2)9-5-3-6-8-7-5/h4H,3H2,1-2H3. The third kappa shape index (κ3) is 1.79. The fourth-order valence-electron chi connectivity index (χ4n) is 0.538. The second kappa shape index (κ2) is 2.57. The quantitative estimate of drug-likeness (QED) is 0.521. The third-order valence-electron chi connectivity index (χ3n) is 0.797. The van der Waals surface area contributed by atoms with Crippen molar-refractivity contribution in [2.75, 3.05) is 6.54 Å². The number of hydrogen-bond acceptors (Lipinski definition) is 4. The number of ether oxygens (including phenoxy) is 1. The van der Waals surface area contributed by atoms with Crippen LogP contribution in [0.25, 0.3) is 0 Å². The molecule has 0 radical (unpaired) electrons. The fourth-order valence-corrected chi connectivity index (χ4v) is 0.538. The van der Waals surface area contributed by atoms with Crippen molar-refractivity contribution in [3.8, 4) is 0 Å². The maximum atomic E-state index is 5.17. The molecule has 1 rings (SSSR count). The van der Waals surface area contributed by atoms with E-state index >= 15 is 0 Å². The van der Waals surface area contributed by atoms with Crippen molar-refractivity contribution in [2.24, 2.45) is 15.4 Å². The summed E-state index contributed by atoms with van der Waals surface area (Å²) in [5, 5.41) is 10.6. The third-order valence-corrected chi connectivity index (χ3v) is 0.797. The van der Waals surface area contributed by atoms with E-state index in [1.54, 1.807) is 0 Å². The Morgan fingerprint density at radius 2 is 2.33 bits per heavy atom. The van der Waals surface area contributed by atoms with Gasteiger partial charge < -0.3 is 4.74 Å². The normalized spacial score (nSPS) is 16.6. The van der Waals surface area contributed by atoms with Crippen LogP contribution in [0.2, 0.25) is 0 Å². The van der Waals surface area contributed by atoms with Crippen LogP contribution < -0.4 is 0 Å². The fraction of sp³-hybridized carbons (Fsp3) is 0.800. The summed E-state index contributed by atoms with van der Waals surface area (Å²) in [7, 11) is 0. The first-order valence-corrected chi connectivity index (χ1v) is 2.89. The largest absolute Gasteiger partial charge is 0.476 e. The first-order chi connectivity index (χ1) is 4.29. The van der Waals surface area contributed by atoms with Gasteiger partial charge in [0, 0.05) is 0 Å². The average molecular weight is 127 g/mol. The van der Waals surface area contributed by atoms with Crippen molar-refractivity contribution in [1.82, 2.24) is 0 Å². The number of rotatable bonds is 1. The van der Waals surface area contributed by atoms with E-state index in [1.807, 2.05) is 13.8 Å². The molecule has 4 nitrogen and oxygen atoms in total. The van der Waals surface area contributed by atoms with E-state index in [0.29, 0.717) is 12.4 Å². The minimum Gasteiger partial charge on any atom is -0.476 e. The van der Waals surface area contributed by atoms with Gasteiger partial charge in [0.25, 0.3) is 0 Å². The molecule has 0 bridgehead atoms. The molecule has 0 N–H and O–H groups in total. The predicted octanol–water partition coefficient (Wildman–Crippen LogP) is 1.19. The SMILES string of the molecule is CC(C)OC1=NN=NC1. The first-order valence-electron chi connectivity index (χ1n) is 2.89. The van der Waals surface area contributed by atoms with Gasteiger partial charge in [0.1, 0.15) is 6.54 Å². The smallest absolute Gasteiger partial charge is 0.234 e. The zero-order valence-electron chi connectivity index (χ0n) is 5.53.